The van der Waals surface area contributed by atoms with E-state index in [2.05, 4.69) is 50.8 Å². The molecule has 3 heteroatoms. The Labute approximate surface area is 124 Å². The molecule has 1 heterocycles. The van der Waals surface area contributed by atoms with Gasteiger partial charge in [0.1, 0.15) is 0 Å². The summed E-state index contributed by atoms with van der Waals surface area (Å²) < 4.78 is 1.18. The average molecular weight is 323 g/mol. The maximum Gasteiger partial charge on any atom is 0.0486 e. The molecular formula is C16H23BrN2. The SMILES string of the molecule is Brc1ccccc1NC1CCCCC1C1CCCN1. The van der Waals surface area contributed by atoms with Crippen molar-refractivity contribution in [3.05, 3.63) is 28.7 Å². The molecule has 1 saturated carbocycles. The first-order valence-electron chi connectivity index (χ1n) is 7.59. The summed E-state index contributed by atoms with van der Waals surface area (Å²) in [6, 6.07) is 9.85. The first-order chi connectivity index (χ1) is 9.34. The van der Waals surface area contributed by atoms with Crippen molar-refractivity contribution < 1.29 is 0 Å². The van der Waals surface area contributed by atoms with E-state index in [1.165, 1.54) is 55.2 Å². The summed E-state index contributed by atoms with van der Waals surface area (Å²) in [5.41, 5.74) is 1.25. The van der Waals surface area contributed by atoms with Gasteiger partial charge in [0.05, 0.1) is 0 Å². The molecule has 2 N–H and O–H groups in total. The lowest BCUT2D eigenvalue weighted by molar-refractivity contribution is 0.262. The predicted molar refractivity (Wildman–Crippen MR) is 84.5 cm³/mol. The Morgan fingerprint density at radius 3 is 2.68 bits per heavy atom. The summed E-state index contributed by atoms with van der Waals surface area (Å²) in [5.74, 6) is 0.795. The lowest BCUT2D eigenvalue weighted by atomic mass is 9.79. The van der Waals surface area contributed by atoms with E-state index in [1.54, 1.807) is 0 Å². The Balaban J connectivity index is 1.71. The van der Waals surface area contributed by atoms with Gasteiger partial charge >= 0.3 is 0 Å². The summed E-state index contributed by atoms with van der Waals surface area (Å²) in [6.45, 7) is 1.21. The number of rotatable bonds is 3. The molecule has 2 fully saturated rings. The van der Waals surface area contributed by atoms with E-state index in [-0.39, 0.29) is 0 Å². The van der Waals surface area contributed by atoms with E-state index >= 15 is 0 Å². The fourth-order valence-electron chi connectivity index (χ4n) is 3.68. The minimum absolute atomic E-state index is 0.628. The number of anilines is 1. The number of halogens is 1. The van der Waals surface area contributed by atoms with Gasteiger partial charge in [-0.15, -0.1) is 0 Å². The van der Waals surface area contributed by atoms with Crippen LogP contribution in [-0.4, -0.2) is 18.6 Å². The van der Waals surface area contributed by atoms with Gasteiger partial charge in [0.15, 0.2) is 0 Å². The summed E-state index contributed by atoms with van der Waals surface area (Å²) in [4.78, 5) is 0. The van der Waals surface area contributed by atoms with Crippen LogP contribution in [0.1, 0.15) is 38.5 Å². The molecule has 3 rings (SSSR count). The van der Waals surface area contributed by atoms with Gasteiger partial charge in [0.2, 0.25) is 0 Å². The van der Waals surface area contributed by atoms with Gasteiger partial charge in [-0.3, -0.25) is 0 Å². The van der Waals surface area contributed by atoms with Crippen LogP contribution in [0, 0.1) is 5.92 Å². The Morgan fingerprint density at radius 1 is 1.05 bits per heavy atom. The Kier molecular flexibility index (Phi) is 4.44. The predicted octanol–water partition coefficient (Wildman–Crippen LogP) is 4.17. The van der Waals surface area contributed by atoms with Crippen molar-refractivity contribution in [1.82, 2.24) is 5.32 Å². The van der Waals surface area contributed by atoms with Crippen LogP contribution in [0.4, 0.5) is 5.69 Å². The highest BCUT2D eigenvalue weighted by Crippen LogP contribution is 2.34. The normalized spacial score (nSPS) is 31.3. The van der Waals surface area contributed by atoms with Crippen LogP contribution < -0.4 is 10.6 Å². The van der Waals surface area contributed by atoms with E-state index in [1.807, 2.05) is 0 Å². The van der Waals surface area contributed by atoms with E-state index in [9.17, 15) is 0 Å². The van der Waals surface area contributed by atoms with Crippen molar-refractivity contribution in [3.8, 4) is 0 Å². The molecule has 1 aliphatic carbocycles. The lowest BCUT2D eigenvalue weighted by Gasteiger charge is -2.37. The molecule has 1 aromatic rings. The van der Waals surface area contributed by atoms with E-state index < -0.39 is 0 Å². The highest BCUT2D eigenvalue weighted by Gasteiger charge is 2.33. The molecule has 3 atom stereocenters. The minimum atomic E-state index is 0.628. The third-order valence-corrected chi connectivity index (χ3v) is 5.34. The van der Waals surface area contributed by atoms with E-state index in [0.29, 0.717) is 6.04 Å². The molecule has 3 unspecified atom stereocenters. The highest BCUT2D eigenvalue weighted by molar-refractivity contribution is 9.10. The van der Waals surface area contributed by atoms with Crippen LogP contribution >= 0.6 is 15.9 Å². The van der Waals surface area contributed by atoms with E-state index in [4.69, 9.17) is 0 Å². The molecule has 1 aromatic carbocycles. The van der Waals surface area contributed by atoms with Crippen LogP contribution in [0.2, 0.25) is 0 Å². The third kappa shape index (κ3) is 3.14. The topological polar surface area (TPSA) is 24.1 Å². The largest absolute Gasteiger partial charge is 0.381 e. The van der Waals surface area contributed by atoms with Crippen molar-refractivity contribution in [1.29, 1.82) is 0 Å². The van der Waals surface area contributed by atoms with Gasteiger partial charge < -0.3 is 10.6 Å². The molecule has 0 spiro atoms. The van der Waals surface area contributed by atoms with Gasteiger partial charge in [0, 0.05) is 22.2 Å². The number of hydrogen-bond acceptors (Lipinski definition) is 2. The van der Waals surface area contributed by atoms with Crippen molar-refractivity contribution >= 4 is 21.6 Å². The number of nitrogens with one attached hydrogen (secondary N) is 2. The quantitative estimate of drug-likeness (QED) is 0.872. The summed E-state index contributed by atoms with van der Waals surface area (Å²) in [5, 5.41) is 7.49. The maximum absolute atomic E-state index is 3.79. The summed E-state index contributed by atoms with van der Waals surface area (Å²) in [7, 11) is 0. The molecular weight excluding hydrogens is 300 g/mol. The Hall–Kier alpha value is -0.540. The van der Waals surface area contributed by atoms with Crippen LogP contribution in [-0.2, 0) is 0 Å². The zero-order valence-corrected chi connectivity index (χ0v) is 13.0. The molecule has 19 heavy (non-hydrogen) atoms. The van der Waals surface area contributed by atoms with Crippen molar-refractivity contribution in [2.45, 2.75) is 50.6 Å². The standard InChI is InChI=1S/C16H23BrN2/c17-13-7-2-4-9-16(13)19-15-8-3-1-6-12(15)14-10-5-11-18-14/h2,4,7,9,12,14-15,18-19H,1,3,5-6,8,10-11H2. The Bertz CT molecular complexity index is 415. The molecule has 1 aliphatic heterocycles. The second-order valence-electron chi connectivity index (χ2n) is 5.88. The average Bonchev–Trinajstić information content (AvgIpc) is 2.96. The molecule has 2 aliphatic rings. The van der Waals surface area contributed by atoms with Crippen molar-refractivity contribution in [3.63, 3.8) is 0 Å². The molecule has 104 valence electrons. The van der Waals surface area contributed by atoms with Crippen LogP contribution in [0.5, 0.6) is 0 Å². The van der Waals surface area contributed by atoms with Crippen LogP contribution in [0.3, 0.4) is 0 Å². The Morgan fingerprint density at radius 2 is 1.89 bits per heavy atom. The fourth-order valence-corrected chi connectivity index (χ4v) is 4.07. The first-order valence-corrected chi connectivity index (χ1v) is 8.38. The van der Waals surface area contributed by atoms with Crippen molar-refractivity contribution in [2.75, 3.05) is 11.9 Å². The molecule has 1 saturated heterocycles. The zero-order valence-electron chi connectivity index (χ0n) is 11.4. The monoisotopic (exact) mass is 322 g/mol. The number of benzene rings is 1. The van der Waals surface area contributed by atoms with E-state index in [0.717, 1.165) is 12.0 Å². The second-order valence-corrected chi connectivity index (χ2v) is 6.74. The molecule has 2 nitrogen and oxygen atoms in total. The van der Waals surface area contributed by atoms with Gasteiger partial charge in [-0.2, -0.15) is 0 Å². The molecule has 0 bridgehead atoms. The second kappa shape index (κ2) is 6.27. The first kappa shape index (κ1) is 13.4. The van der Waals surface area contributed by atoms with Crippen molar-refractivity contribution in [2.24, 2.45) is 5.92 Å². The zero-order chi connectivity index (χ0) is 13.1. The molecule has 0 amide bonds. The maximum atomic E-state index is 3.79. The van der Waals surface area contributed by atoms with Gasteiger partial charge in [0.25, 0.3) is 0 Å². The number of para-hydroxylation sites is 1. The molecule has 0 radical (unpaired) electrons. The number of hydrogen-bond donors (Lipinski definition) is 2. The van der Waals surface area contributed by atoms with Crippen LogP contribution in [0.15, 0.2) is 28.7 Å². The fraction of sp³-hybridized carbons (Fsp3) is 0.625. The summed E-state index contributed by atoms with van der Waals surface area (Å²) >= 11 is 3.65. The minimum Gasteiger partial charge on any atom is -0.381 e. The molecule has 0 aromatic heterocycles. The highest BCUT2D eigenvalue weighted by atomic mass is 79.9. The lowest BCUT2D eigenvalue weighted by Crippen LogP contribution is -2.43. The third-order valence-electron chi connectivity index (χ3n) is 4.65. The van der Waals surface area contributed by atoms with Crippen LogP contribution in [0.25, 0.3) is 0 Å². The smallest absolute Gasteiger partial charge is 0.0486 e. The summed E-state index contributed by atoms with van der Waals surface area (Å²) in [6.07, 6.45) is 8.16. The van der Waals surface area contributed by atoms with Gasteiger partial charge in [-0.25, -0.2) is 0 Å². The van der Waals surface area contributed by atoms with Gasteiger partial charge in [-0.05, 0) is 66.2 Å². The van der Waals surface area contributed by atoms with Gasteiger partial charge in [-0.1, -0.05) is 25.0 Å².